The third-order valence-electron chi connectivity index (χ3n) is 15.8. The number of rotatable bonds is 23. The minimum absolute atomic E-state index is 0.0782. The molecule has 0 saturated heterocycles. The van der Waals surface area contributed by atoms with Gasteiger partial charge in [-0.3, -0.25) is 4.79 Å². The van der Waals surface area contributed by atoms with Crippen molar-refractivity contribution in [2.45, 2.75) is 97.2 Å². The second-order valence-corrected chi connectivity index (χ2v) is 29.8. The van der Waals surface area contributed by atoms with Gasteiger partial charge in [-0.05, 0) is 328 Å². The third kappa shape index (κ3) is 36.4. The van der Waals surface area contributed by atoms with Gasteiger partial charge in [0.2, 0.25) is 11.5 Å². The number of hydrogen-bond acceptors (Lipinski definition) is 27. The fraction of sp³-hybridized carbons (Fsp3) is 0.220. The molecular formula is C82H82BBrF6I4N11O17S. The standard InChI is InChI=1S/C16H16BrFN2O3.C16H17FN2O3.C14H12FIN2O3.C14H14FIN2O.C9H10FIO.C7H4FIO.C5H4N2O3.CH4O2.BHNS/c1-3-13(23-14-6-9(17)8-20-15(14)19)12-7-10(18)4-5-11(12)16(21)22-2;1-3-13(22-14-5-4-8-19-15(14)18)12-9-10(17)6-7-11(12)16(20)21-2;1-2-12(10-8-9(15)5-6-11(10)16)21-13-4-3-7-17-14(13)18(19)20;1-2-12(10-8-9(15)5-6-11(10)16)19-13-4-3-7-18-14(13)17;1-2-9(12)7-5-6(10)3-4-8(7)11;8-6-1-2-7(9)5(3-6)4-10;8-4-2-1-3-6-5(4)7(9)10;2-1-3;1-2-3/h4-8,13H,3H2,1-2H3,(H2,19,20);4-9,13H,3H2,1-2H3,(H2,18,19);3-8,12H,2H2,1H3;3-8,12H,2H2,1H3,(H2,17,18);3-5,9,12H,2H2,1H3;1-4H;1-3,8H;2-3H,1H2;3H. The Bertz CT molecular complexity index is 5260. The summed E-state index contributed by atoms with van der Waals surface area (Å²) in [5.74, 6) is -2.46. The molecule has 0 saturated carbocycles. The Morgan fingerprint density at radius 1 is 0.496 bits per heavy atom. The molecule has 28 nitrogen and oxygen atoms in total. The summed E-state index contributed by atoms with van der Waals surface area (Å²) in [5.41, 5.74) is 21.2. The zero-order chi connectivity index (χ0) is 92.0. The van der Waals surface area contributed by atoms with Gasteiger partial charge >= 0.3 is 48.3 Å². The number of methoxy groups -OCH3 is 2. The van der Waals surface area contributed by atoms with E-state index in [0.717, 1.165) is 19.8 Å². The number of aliphatic hydroxyl groups is 3. The number of aromatic hydroxyl groups is 1. The third-order valence-corrected chi connectivity index (χ3v) is 20.2. The molecule has 0 aliphatic rings. The first-order valence-electron chi connectivity index (χ1n) is 35.9. The number of ether oxygens (including phenoxy) is 6. The number of thiol groups is 1. The van der Waals surface area contributed by atoms with Crippen LogP contribution in [0, 0.1) is 69.4 Å². The molecule has 0 aliphatic carbocycles. The molecule has 6 aromatic carbocycles. The van der Waals surface area contributed by atoms with E-state index in [1.165, 1.54) is 130 Å². The molecule has 11 rings (SSSR count). The van der Waals surface area contributed by atoms with Crippen LogP contribution in [0.4, 0.5) is 55.4 Å². The summed E-state index contributed by atoms with van der Waals surface area (Å²) in [6.07, 6.45) is 8.43. The van der Waals surface area contributed by atoms with E-state index in [-0.39, 0.29) is 63.7 Å². The number of nitrogens with zero attached hydrogens (tertiary/aromatic N) is 8. The average molecular weight is 2240 g/mol. The van der Waals surface area contributed by atoms with Gasteiger partial charge in [-0.2, -0.15) is 0 Å². The molecule has 5 heterocycles. The molecule has 0 bridgehead atoms. The predicted molar refractivity (Wildman–Crippen MR) is 491 cm³/mol. The molecular weight excluding hydrogens is 2160 g/mol. The molecule has 0 fully saturated rings. The Morgan fingerprint density at radius 3 is 1.17 bits per heavy atom. The van der Waals surface area contributed by atoms with Gasteiger partial charge in [-0.1, -0.05) is 34.6 Å². The summed E-state index contributed by atoms with van der Waals surface area (Å²) in [6, 6.07) is 39.6. The van der Waals surface area contributed by atoms with Crippen molar-refractivity contribution in [3.05, 3.63) is 313 Å². The van der Waals surface area contributed by atoms with Gasteiger partial charge in [0.25, 0.3) is 0 Å². The number of pyridine rings is 5. The van der Waals surface area contributed by atoms with Crippen LogP contribution in [-0.2, 0) is 9.47 Å². The van der Waals surface area contributed by atoms with Crippen molar-refractivity contribution >= 4 is 174 Å². The van der Waals surface area contributed by atoms with E-state index in [9.17, 15) is 66.1 Å². The number of esters is 2. The Hall–Kier alpha value is -10.0. The monoisotopic (exact) mass is 2240 g/mol. The summed E-state index contributed by atoms with van der Waals surface area (Å²) in [4.78, 5) is 72.5. The van der Waals surface area contributed by atoms with Crippen LogP contribution < -0.4 is 36.1 Å². The maximum atomic E-state index is 13.6. The number of anilines is 3. The van der Waals surface area contributed by atoms with Crippen LogP contribution in [0.15, 0.2) is 204 Å². The molecule has 5 aromatic heterocycles. The van der Waals surface area contributed by atoms with E-state index in [2.05, 4.69) is 133 Å². The minimum atomic E-state index is -0.750. The zero-order valence-electron chi connectivity index (χ0n) is 66.3. The first-order valence-corrected chi connectivity index (χ1v) is 41.4. The Morgan fingerprint density at radius 2 is 0.813 bits per heavy atom. The van der Waals surface area contributed by atoms with Crippen LogP contribution in [0.3, 0.4) is 0 Å². The number of aromatic nitrogens is 5. The van der Waals surface area contributed by atoms with Crippen molar-refractivity contribution in [1.82, 2.24) is 24.9 Å². The molecule has 653 valence electrons. The van der Waals surface area contributed by atoms with E-state index >= 15 is 0 Å². The Labute approximate surface area is 773 Å². The summed E-state index contributed by atoms with van der Waals surface area (Å²) >= 11 is 14.8. The van der Waals surface area contributed by atoms with Crippen molar-refractivity contribution in [1.29, 1.82) is 0 Å². The number of hydrogen-bond donors (Lipinski definition) is 8. The van der Waals surface area contributed by atoms with E-state index in [1.807, 2.05) is 57.2 Å². The average Bonchev–Trinajstić information content (AvgIpc) is 0.813. The number of benzene rings is 6. The quantitative estimate of drug-likeness (QED) is 0.00339. The second-order valence-electron chi connectivity index (χ2n) is 24.0. The van der Waals surface area contributed by atoms with Gasteiger partial charge in [0.05, 0.1) is 31.5 Å². The van der Waals surface area contributed by atoms with Gasteiger partial charge in [-0.25, -0.2) is 50.9 Å². The molecule has 5 atom stereocenters. The number of nitrogen functional groups attached to an aromatic ring is 3. The molecule has 1 radical (unpaired) electrons. The number of carbonyl (C=O) groups excluding carboxylic acids is 3. The maximum absolute atomic E-state index is 13.6. The van der Waals surface area contributed by atoms with E-state index < -0.39 is 76.2 Å². The fourth-order valence-corrected chi connectivity index (χ4v) is 12.9. The normalized spacial score (nSPS) is 11.3. The van der Waals surface area contributed by atoms with E-state index in [1.54, 1.807) is 79.3 Å². The molecule has 0 spiro atoms. The van der Waals surface area contributed by atoms with Gasteiger partial charge < -0.3 is 86.3 Å². The molecule has 10 N–H and O–H groups in total. The van der Waals surface area contributed by atoms with Crippen LogP contribution in [0.1, 0.15) is 156 Å². The van der Waals surface area contributed by atoms with Crippen molar-refractivity contribution in [3.8, 4) is 28.7 Å². The van der Waals surface area contributed by atoms with Crippen LogP contribution in [0.25, 0.3) is 0 Å². The van der Waals surface area contributed by atoms with Gasteiger partial charge in [0.1, 0.15) is 78.5 Å². The fourth-order valence-electron chi connectivity index (χ4n) is 10.1. The molecule has 123 heavy (non-hydrogen) atoms. The molecule has 11 aromatic rings. The van der Waals surface area contributed by atoms with Gasteiger partial charge in [0, 0.05) is 65.2 Å². The summed E-state index contributed by atoms with van der Waals surface area (Å²) in [5, 5.41) is 53.4. The zero-order valence-corrected chi connectivity index (χ0v) is 77.4. The van der Waals surface area contributed by atoms with Crippen LogP contribution in [0.2, 0.25) is 0 Å². The van der Waals surface area contributed by atoms with Gasteiger partial charge in [-0.15, -0.1) is 0 Å². The van der Waals surface area contributed by atoms with Crippen LogP contribution in [0.5, 0.6) is 28.7 Å². The molecule has 0 aliphatic heterocycles. The first kappa shape index (κ1) is 107. The number of aldehydes is 1. The topological polar surface area (TPSA) is 429 Å². The van der Waals surface area contributed by atoms with Crippen LogP contribution in [-0.4, -0.2) is 102 Å². The summed E-state index contributed by atoms with van der Waals surface area (Å²) < 4.78 is 119. The first-order chi connectivity index (χ1) is 58.6. The number of nitrogens with two attached hydrogens (primary N) is 3. The van der Waals surface area contributed by atoms with E-state index in [4.69, 9.17) is 60.9 Å². The predicted octanol–water partition coefficient (Wildman–Crippen LogP) is 20.1. The van der Waals surface area contributed by atoms with Crippen molar-refractivity contribution in [2.24, 2.45) is 4.30 Å². The number of carbonyl (C=O) groups is 3. The molecule has 5 unspecified atom stereocenters. The number of nitro groups is 2. The SMILES string of the molecule is CCC(O)c1cc(F)ccc1I.CCC(Oc1cc(Br)cnc1N)c1cc(F)ccc1C(=O)OC.CCC(Oc1cccnc1N)c1cc(F)ccc1C(=O)OC.CCC(Oc1cccnc1N)c1cc(F)ccc1I.CCC(Oc1cccnc1[N+](=O)[O-])c1cc(F)ccc1I.O=Cc1cc(F)ccc1I.O=[N+]([O-])c1ncccc1O.OCO.[B]=NS. The van der Waals surface area contributed by atoms with Crippen molar-refractivity contribution in [2.75, 3.05) is 38.2 Å². The second kappa shape index (κ2) is 57.4. The Kier molecular flexibility index (Phi) is 50.0. The molecule has 0 amide bonds. The molecule has 41 heteroatoms. The number of halogens is 11. The van der Waals surface area contributed by atoms with Gasteiger partial charge in [0.15, 0.2) is 41.0 Å². The Balaban J connectivity index is 0.000000373. The van der Waals surface area contributed by atoms with Crippen molar-refractivity contribution in [3.63, 3.8) is 0 Å². The summed E-state index contributed by atoms with van der Waals surface area (Å²) in [6.45, 7) is 8.69. The summed E-state index contributed by atoms with van der Waals surface area (Å²) in [7, 11) is 6.88. The van der Waals surface area contributed by atoms with Crippen LogP contribution >= 0.6 is 119 Å². The number of aliphatic hydroxyl groups excluding tert-OH is 2. The van der Waals surface area contributed by atoms with Crippen molar-refractivity contribution < 1.29 is 99.4 Å². The van der Waals surface area contributed by atoms with E-state index in [0.29, 0.717) is 93.7 Å².